The van der Waals surface area contributed by atoms with Gasteiger partial charge in [0.05, 0.1) is 11.4 Å². The van der Waals surface area contributed by atoms with Gasteiger partial charge in [0.15, 0.2) is 0 Å². The number of aromatic nitrogens is 1. The second-order valence-corrected chi connectivity index (χ2v) is 7.80. The van der Waals surface area contributed by atoms with E-state index in [4.69, 9.17) is 4.52 Å². The highest BCUT2D eigenvalue weighted by Gasteiger charge is 2.25. The lowest BCUT2D eigenvalue weighted by molar-refractivity contribution is -0.119. The van der Waals surface area contributed by atoms with Gasteiger partial charge in [-0.2, -0.15) is 0 Å². The molecule has 2 amide bonds. The predicted molar refractivity (Wildman–Crippen MR) is 116 cm³/mol. The van der Waals surface area contributed by atoms with Gasteiger partial charge in [-0.05, 0) is 44.4 Å². The Hall–Kier alpha value is -3.41. The standard InChI is InChI=1S/C24H25N3O3/c1-15-12-13-19(25-23(28)18-10-6-7-11-18)20(14-15)26-24(29)21-16(2)30-27-22(21)17-8-4-3-5-9-17/h3-5,8-9,12-14,18H,6-7,10-11H2,1-2H3,(H,25,28)(H,26,29). The molecule has 0 bridgehead atoms. The van der Waals surface area contributed by atoms with Crippen molar-refractivity contribution >= 4 is 23.2 Å². The maximum absolute atomic E-state index is 13.2. The molecule has 1 saturated carbocycles. The molecular weight excluding hydrogens is 378 g/mol. The summed E-state index contributed by atoms with van der Waals surface area (Å²) >= 11 is 0. The molecule has 154 valence electrons. The normalized spacial score (nSPS) is 13.9. The summed E-state index contributed by atoms with van der Waals surface area (Å²) in [5.74, 6) is 0.169. The minimum absolute atomic E-state index is 0.0120. The largest absolute Gasteiger partial charge is 0.360 e. The Morgan fingerprint density at radius 2 is 1.70 bits per heavy atom. The number of anilines is 2. The number of benzene rings is 2. The molecular formula is C24H25N3O3. The SMILES string of the molecule is Cc1ccc(NC(=O)C2CCCC2)c(NC(=O)c2c(-c3ccccc3)noc2C)c1. The van der Waals surface area contributed by atoms with Gasteiger partial charge in [-0.3, -0.25) is 9.59 Å². The van der Waals surface area contributed by atoms with Gasteiger partial charge in [0.1, 0.15) is 17.0 Å². The fourth-order valence-corrected chi connectivity index (χ4v) is 3.91. The molecule has 30 heavy (non-hydrogen) atoms. The van der Waals surface area contributed by atoms with Crippen LogP contribution in [0.1, 0.15) is 47.4 Å². The van der Waals surface area contributed by atoms with Crippen molar-refractivity contribution < 1.29 is 14.1 Å². The Kier molecular flexibility index (Phi) is 5.65. The molecule has 1 heterocycles. The van der Waals surface area contributed by atoms with Crippen LogP contribution in [0.4, 0.5) is 11.4 Å². The van der Waals surface area contributed by atoms with Crippen molar-refractivity contribution in [2.45, 2.75) is 39.5 Å². The molecule has 6 nitrogen and oxygen atoms in total. The number of nitrogens with one attached hydrogen (secondary N) is 2. The van der Waals surface area contributed by atoms with Crippen molar-refractivity contribution in [3.05, 3.63) is 65.4 Å². The van der Waals surface area contributed by atoms with Gasteiger partial charge in [-0.25, -0.2) is 0 Å². The Morgan fingerprint density at radius 3 is 2.43 bits per heavy atom. The molecule has 2 N–H and O–H groups in total. The number of rotatable bonds is 5. The number of carbonyl (C=O) groups excluding carboxylic acids is 2. The summed E-state index contributed by atoms with van der Waals surface area (Å²) in [5, 5.41) is 10.0. The zero-order chi connectivity index (χ0) is 21.1. The molecule has 0 atom stereocenters. The van der Waals surface area contributed by atoms with Crippen LogP contribution in [0.2, 0.25) is 0 Å². The maximum atomic E-state index is 13.2. The van der Waals surface area contributed by atoms with Crippen molar-refractivity contribution in [3.8, 4) is 11.3 Å². The summed E-state index contributed by atoms with van der Waals surface area (Å²) in [5.41, 5.74) is 3.82. The Bertz CT molecular complexity index is 1070. The first-order valence-corrected chi connectivity index (χ1v) is 10.3. The fraction of sp³-hybridized carbons (Fsp3) is 0.292. The van der Waals surface area contributed by atoms with Crippen LogP contribution in [-0.2, 0) is 4.79 Å². The zero-order valence-corrected chi connectivity index (χ0v) is 17.2. The highest BCUT2D eigenvalue weighted by atomic mass is 16.5. The highest BCUT2D eigenvalue weighted by molar-refractivity contribution is 6.11. The molecule has 3 aromatic rings. The number of nitrogens with zero attached hydrogens (tertiary/aromatic N) is 1. The van der Waals surface area contributed by atoms with Gasteiger partial charge in [0, 0.05) is 11.5 Å². The van der Waals surface area contributed by atoms with E-state index in [9.17, 15) is 9.59 Å². The molecule has 0 radical (unpaired) electrons. The highest BCUT2D eigenvalue weighted by Crippen LogP contribution is 2.30. The molecule has 0 saturated heterocycles. The van der Waals surface area contributed by atoms with E-state index < -0.39 is 0 Å². The first kappa shape index (κ1) is 19.9. The van der Waals surface area contributed by atoms with E-state index in [2.05, 4.69) is 15.8 Å². The van der Waals surface area contributed by atoms with Crippen molar-refractivity contribution in [2.24, 2.45) is 5.92 Å². The number of hydrogen-bond donors (Lipinski definition) is 2. The van der Waals surface area contributed by atoms with Gasteiger partial charge < -0.3 is 15.2 Å². The monoisotopic (exact) mass is 403 g/mol. The Labute approximate surface area is 175 Å². The summed E-state index contributed by atoms with van der Waals surface area (Å²) in [7, 11) is 0. The first-order chi connectivity index (χ1) is 14.5. The van der Waals surface area contributed by atoms with Crippen LogP contribution in [0.15, 0.2) is 53.1 Å². The van der Waals surface area contributed by atoms with Gasteiger partial charge >= 0.3 is 0 Å². The van der Waals surface area contributed by atoms with Crippen molar-refractivity contribution in [1.29, 1.82) is 0 Å². The van der Waals surface area contributed by atoms with Crippen LogP contribution in [0, 0.1) is 19.8 Å². The smallest absolute Gasteiger partial charge is 0.261 e. The number of hydrogen-bond acceptors (Lipinski definition) is 4. The third-order valence-electron chi connectivity index (χ3n) is 5.54. The van der Waals surface area contributed by atoms with Crippen molar-refractivity contribution in [1.82, 2.24) is 5.16 Å². The first-order valence-electron chi connectivity index (χ1n) is 10.3. The van der Waals surface area contributed by atoms with E-state index in [1.54, 1.807) is 6.92 Å². The molecule has 2 aromatic carbocycles. The van der Waals surface area contributed by atoms with E-state index in [0.29, 0.717) is 28.4 Å². The van der Waals surface area contributed by atoms with Crippen LogP contribution >= 0.6 is 0 Å². The van der Waals surface area contributed by atoms with Crippen LogP contribution in [0.25, 0.3) is 11.3 Å². The minimum atomic E-state index is -0.324. The molecule has 0 spiro atoms. The lowest BCUT2D eigenvalue weighted by Gasteiger charge is -2.15. The molecule has 0 unspecified atom stereocenters. The van der Waals surface area contributed by atoms with E-state index >= 15 is 0 Å². The third-order valence-corrected chi connectivity index (χ3v) is 5.54. The average Bonchev–Trinajstić information content (AvgIpc) is 3.40. The molecule has 1 aliphatic rings. The lowest BCUT2D eigenvalue weighted by atomic mass is 10.1. The van der Waals surface area contributed by atoms with Gasteiger partial charge in [-0.1, -0.05) is 54.4 Å². The van der Waals surface area contributed by atoms with Crippen LogP contribution < -0.4 is 10.6 Å². The molecule has 6 heteroatoms. The van der Waals surface area contributed by atoms with E-state index in [0.717, 1.165) is 36.8 Å². The quantitative estimate of drug-likeness (QED) is 0.602. The van der Waals surface area contributed by atoms with Crippen molar-refractivity contribution in [2.75, 3.05) is 10.6 Å². The molecule has 4 rings (SSSR count). The summed E-state index contributed by atoms with van der Waals surface area (Å²) in [4.78, 5) is 25.8. The summed E-state index contributed by atoms with van der Waals surface area (Å²) in [6.45, 7) is 3.66. The maximum Gasteiger partial charge on any atom is 0.261 e. The zero-order valence-electron chi connectivity index (χ0n) is 17.2. The Balaban J connectivity index is 1.60. The number of amides is 2. The average molecular weight is 403 g/mol. The predicted octanol–water partition coefficient (Wildman–Crippen LogP) is 5.34. The third kappa shape index (κ3) is 4.13. The molecule has 1 aromatic heterocycles. The van der Waals surface area contributed by atoms with Gasteiger partial charge in [0.25, 0.3) is 5.91 Å². The molecule has 1 aliphatic carbocycles. The second-order valence-electron chi connectivity index (χ2n) is 7.80. The summed E-state index contributed by atoms with van der Waals surface area (Å²) in [6, 6.07) is 15.0. The summed E-state index contributed by atoms with van der Waals surface area (Å²) < 4.78 is 5.31. The summed E-state index contributed by atoms with van der Waals surface area (Å²) in [6.07, 6.45) is 4.01. The fourth-order valence-electron chi connectivity index (χ4n) is 3.91. The van der Waals surface area contributed by atoms with Crippen molar-refractivity contribution in [3.63, 3.8) is 0 Å². The minimum Gasteiger partial charge on any atom is -0.360 e. The van der Waals surface area contributed by atoms with E-state index in [1.807, 2.05) is 55.5 Å². The van der Waals surface area contributed by atoms with Crippen LogP contribution in [0.5, 0.6) is 0 Å². The molecule has 1 fully saturated rings. The number of aryl methyl sites for hydroxylation is 2. The topological polar surface area (TPSA) is 84.2 Å². The molecule has 0 aliphatic heterocycles. The van der Waals surface area contributed by atoms with Crippen LogP contribution in [0.3, 0.4) is 0 Å². The number of carbonyl (C=O) groups is 2. The lowest BCUT2D eigenvalue weighted by Crippen LogP contribution is -2.22. The second kappa shape index (κ2) is 8.53. The Morgan fingerprint density at radius 1 is 0.967 bits per heavy atom. The van der Waals surface area contributed by atoms with Gasteiger partial charge in [-0.15, -0.1) is 0 Å². The van der Waals surface area contributed by atoms with Gasteiger partial charge in [0.2, 0.25) is 5.91 Å². The van der Waals surface area contributed by atoms with E-state index in [-0.39, 0.29) is 17.7 Å². The van der Waals surface area contributed by atoms with E-state index in [1.165, 1.54) is 0 Å². The van der Waals surface area contributed by atoms with Crippen LogP contribution in [-0.4, -0.2) is 17.0 Å².